The third-order valence-electron chi connectivity index (χ3n) is 5.55. The zero-order valence-electron chi connectivity index (χ0n) is 16.8. The number of rotatable bonds is 4. The summed E-state index contributed by atoms with van der Waals surface area (Å²) in [5.41, 5.74) is 4.47. The van der Waals surface area contributed by atoms with Crippen LogP contribution in [0.25, 0.3) is 12.2 Å². The number of hydrogen-bond donors (Lipinski definition) is 1. The lowest BCUT2D eigenvalue weighted by Gasteiger charge is -2.34. The normalized spacial score (nSPS) is 22.9. The molecule has 0 amide bonds. The Morgan fingerprint density at radius 1 is 0.933 bits per heavy atom. The first-order chi connectivity index (χ1) is 14.8. The molecule has 0 fully saturated rings. The van der Waals surface area contributed by atoms with Crippen LogP contribution in [0.1, 0.15) is 30.4 Å². The summed E-state index contributed by atoms with van der Waals surface area (Å²) in [6.45, 7) is 0. The van der Waals surface area contributed by atoms with Gasteiger partial charge in [0.1, 0.15) is 11.7 Å². The molecule has 0 aromatic heterocycles. The predicted octanol–water partition coefficient (Wildman–Crippen LogP) is 6.54. The highest BCUT2D eigenvalue weighted by Gasteiger charge is 2.38. The Hall–Kier alpha value is -3.64. The maximum absolute atomic E-state index is 9.70. The minimum Gasteiger partial charge on any atom is -0.442 e. The molecule has 3 heteroatoms. The van der Waals surface area contributed by atoms with Crippen LogP contribution in [0.4, 0.5) is 0 Å². The molecule has 2 aromatic carbocycles. The molecule has 30 heavy (non-hydrogen) atoms. The molecule has 0 saturated carbocycles. The molecule has 1 aliphatic carbocycles. The molecule has 148 valence electrons. The zero-order valence-corrected chi connectivity index (χ0v) is 16.8. The summed E-state index contributed by atoms with van der Waals surface area (Å²) in [6.07, 6.45) is 13.1. The van der Waals surface area contributed by atoms with Gasteiger partial charge in [0.05, 0.1) is 6.07 Å². The largest absolute Gasteiger partial charge is 0.442 e. The second-order valence-electron chi connectivity index (χ2n) is 7.54. The van der Waals surface area contributed by atoms with Crippen LogP contribution in [-0.4, -0.2) is 5.90 Å². The lowest BCUT2D eigenvalue weighted by Crippen LogP contribution is -2.32. The maximum Gasteiger partial charge on any atom is 0.205 e. The van der Waals surface area contributed by atoms with Gasteiger partial charge >= 0.3 is 0 Å². The average Bonchev–Trinajstić information content (AvgIpc) is 2.79. The Morgan fingerprint density at radius 2 is 1.60 bits per heavy atom. The van der Waals surface area contributed by atoms with Gasteiger partial charge in [-0.25, -0.2) is 0 Å². The molecule has 3 nitrogen and oxygen atoms in total. The van der Waals surface area contributed by atoms with Gasteiger partial charge in [0.25, 0.3) is 0 Å². The number of nitrogens with one attached hydrogen (secondary N) is 1. The standard InChI is InChI=1S/C27H24N2O/c28-19-25-23(18-17-21-11-5-2-6-12-21)24-16-8-15-22(26(24)30-27(25)29)14-7-13-20-9-3-1-4-10-20/h1-7,9-14,17-18,23,25,29H,8,15-16H2/b13-7+,18-17+,22-14+,29-27?. The van der Waals surface area contributed by atoms with E-state index in [9.17, 15) is 5.26 Å². The smallest absolute Gasteiger partial charge is 0.205 e. The molecule has 1 N–H and O–H groups in total. The van der Waals surface area contributed by atoms with Crippen LogP contribution in [0.5, 0.6) is 0 Å². The van der Waals surface area contributed by atoms with Crippen LogP contribution >= 0.6 is 0 Å². The van der Waals surface area contributed by atoms with Crippen molar-refractivity contribution in [3.05, 3.63) is 107 Å². The Labute approximate surface area is 177 Å². The van der Waals surface area contributed by atoms with E-state index < -0.39 is 5.92 Å². The summed E-state index contributed by atoms with van der Waals surface area (Å²) < 4.78 is 5.90. The van der Waals surface area contributed by atoms with Crippen LogP contribution in [0.15, 0.2) is 95.8 Å². The molecular weight excluding hydrogens is 368 g/mol. The third-order valence-corrected chi connectivity index (χ3v) is 5.55. The summed E-state index contributed by atoms with van der Waals surface area (Å²) in [7, 11) is 0. The first-order valence-electron chi connectivity index (χ1n) is 10.3. The number of hydrogen-bond acceptors (Lipinski definition) is 3. The van der Waals surface area contributed by atoms with Crippen molar-refractivity contribution in [3.8, 4) is 6.07 Å². The van der Waals surface area contributed by atoms with E-state index in [1.54, 1.807) is 0 Å². The fraction of sp³-hybridized carbons (Fsp3) is 0.185. The van der Waals surface area contributed by atoms with Crippen molar-refractivity contribution in [1.82, 2.24) is 0 Å². The number of benzene rings is 2. The summed E-state index contributed by atoms with van der Waals surface area (Å²) in [5, 5.41) is 18.0. The number of ether oxygens (including phenoxy) is 1. The highest BCUT2D eigenvalue weighted by molar-refractivity contribution is 5.83. The first-order valence-corrected chi connectivity index (χ1v) is 10.3. The van der Waals surface area contributed by atoms with E-state index in [0.717, 1.165) is 47.3 Å². The van der Waals surface area contributed by atoms with Gasteiger partial charge in [0.15, 0.2) is 0 Å². The van der Waals surface area contributed by atoms with Crippen molar-refractivity contribution in [3.63, 3.8) is 0 Å². The summed E-state index contributed by atoms with van der Waals surface area (Å²) in [5.74, 6) is 0.119. The highest BCUT2D eigenvalue weighted by atomic mass is 16.5. The third kappa shape index (κ3) is 4.34. The van der Waals surface area contributed by atoms with Crippen molar-refractivity contribution in [2.75, 3.05) is 0 Å². The molecule has 0 bridgehead atoms. The second kappa shape index (κ2) is 9.24. The molecule has 0 spiro atoms. The zero-order chi connectivity index (χ0) is 20.8. The van der Waals surface area contributed by atoms with Crippen LogP contribution in [0.2, 0.25) is 0 Å². The summed E-state index contributed by atoms with van der Waals surface area (Å²) >= 11 is 0. The summed E-state index contributed by atoms with van der Waals surface area (Å²) in [4.78, 5) is 0. The van der Waals surface area contributed by atoms with E-state index in [0.29, 0.717) is 0 Å². The van der Waals surface area contributed by atoms with Gasteiger partial charge in [-0.1, -0.05) is 91.0 Å². The van der Waals surface area contributed by atoms with E-state index in [4.69, 9.17) is 10.1 Å². The maximum atomic E-state index is 9.70. The topological polar surface area (TPSA) is 56.9 Å². The van der Waals surface area contributed by atoms with E-state index in [2.05, 4.69) is 36.4 Å². The minimum absolute atomic E-state index is 0.0406. The molecule has 2 atom stereocenters. The van der Waals surface area contributed by atoms with Crippen LogP contribution < -0.4 is 0 Å². The monoisotopic (exact) mass is 392 g/mol. The molecule has 0 saturated heterocycles. The minimum atomic E-state index is -0.581. The fourth-order valence-electron chi connectivity index (χ4n) is 4.03. The van der Waals surface area contributed by atoms with Crippen molar-refractivity contribution in [2.45, 2.75) is 19.3 Å². The molecule has 1 heterocycles. The van der Waals surface area contributed by atoms with Crippen molar-refractivity contribution in [1.29, 1.82) is 10.7 Å². The Morgan fingerprint density at radius 3 is 2.27 bits per heavy atom. The SMILES string of the molecule is N#CC1C(=N)OC2=C(CCC/C2=C\C=C\c2ccccc2)C1/C=C/c1ccccc1. The molecular formula is C27H24N2O. The average molecular weight is 393 g/mol. The van der Waals surface area contributed by atoms with E-state index in [1.165, 1.54) is 0 Å². The fourth-order valence-corrected chi connectivity index (χ4v) is 4.03. The van der Waals surface area contributed by atoms with E-state index >= 15 is 0 Å². The molecule has 2 aliphatic rings. The molecule has 4 rings (SSSR count). The van der Waals surface area contributed by atoms with Crippen molar-refractivity contribution < 1.29 is 4.74 Å². The lowest BCUT2D eigenvalue weighted by molar-refractivity contribution is 0.327. The molecule has 0 radical (unpaired) electrons. The second-order valence-corrected chi connectivity index (χ2v) is 7.54. The molecule has 2 aromatic rings. The highest BCUT2D eigenvalue weighted by Crippen LogP contribution is 2.42. The van der Waals surface area contributed by atoms with Gasteiger partial charge in [-0.2, -0.15) is 5.26 Å². The van der Waals surface area contributed by atoms with Crippen LogP contribution in [0.3, 0.4) is 0 Å². The number of nitrogens with zero attached hydrogens (tertiary/aromatic N) is 1. The Balaban J connectivity index is 1.66. The van der Waals surface area contributed by atoms with Crippen molar-refractivity contribution >= 4 is 18.0 Å². The van der Waals surface area contributed by atoms with Crippen molar-refractivity contribution in [2.24, 2.45) is 11.8 Å². The van der Waals surface area contributed by atoms with Gasteiger partial charge in [-0.05, 0) is 41.5 Å². The van der Waals surface area contributed by atoms with Crippen LogP contribution in [0, 0.1) is 28.6 Å². The van der Waals surface area contributed by atoms with Gasteiger partial charge < -0.3 is 4.74 Å². The molecule has 2 unspecified atom stereocenters. The predicted molar refractivity (Wildman–Crippen MR) is 121 cm³/mol. The molecule has 1 aliphatic heterocycles. The number of nitriles is 1. The quantitative estimate of drug-likeness (QED) is 0.642. The summed E-state index contributed by atoms with van der Waals surface area (Å²) in [6, 6.07) is 22.5. The van der Waals surface area contributed by atoms with Gasteiger partial charge in [0.2, 0.25) is 5.90 Å². The van der Waals surface area contributed by atoms with Crippen LogP contribution in [-0.2, 0) is 4.74 Å². The van der Waals surface area contributed by atoms with E-state index in [-0.39, 0.29) is 11.8 Å². The lowest BCUT2D eigenvalue weighted by atomic mass is 9.77. The van der Waals surface area contributed by atoms with Gasteiger partial charge in [-0.3, -0.25) is 5.41 Å². The van der Waals surface area contributed by atoms with Gasteiger partial charge in [-0.15, -0.1) is 0 Å². The number of allylic oxidation sites excluding steroid dienone is 5. The Bertz CT molecular complexity index is 1070. The van der Waals surface area contributed by atoms with Gasteiger partial charge in [0, 0.05) is 5.92 Å². The Kier molecular flexibility index (Phi) is 6.06. The first kappa shape index (κ1) is 19.7. The van der Waals surface area contributed by atoms with E-state index in [1.807, 2.05) is 60.7 Å².